The smallest absolute Gasteiger partial charge is 0.270 e. The van der Waals surface area contributed by atoms with Crippen LogP contribution in [-0.4, -0.2) is 86.1 Å². The van der Waals surface area contributed by atoms with E-state index in [1.54, 1.807) is 46.1 Å². The summed E-state index contributed by atoms with van der Waals surface area (Å²) in [5.74, 6) is -0.172. The van der Waals surface area contributed by atoms with Crippen molar-refractivity contribution in [2.75, 3.05) is 33.4 Å². The average molecular weight is 573 g/mol. The first-order valence-corrected chi connectivity index (χ1v) is 14.2. The number of amides is 2. The average Bonchev–Trinajstić information content (AvgIpc) is 3.81. The van der Waals surface area contributed by atoms with Crippen molar-refractivity contribution in [2.24, 2.45) is 0 Å². The molecule has 4 aromatic rings. The standard InChI is InChI=1S/C31H33FN6O4/c1-42-27-9-3-2-8-22(27)24-16-23(20-6-4-12-36(18-20)28(40)10-14-37-15-11-33-35-37)29(32)30-25(24)17-26(34-30)31(41)38-13-5-7-21(38)19-39/h2-3,6,8-9,11,15-17,21,34,39H,4-5,7,10,12-14,18-19H2,1H3/t21-/m1/s1. The number of nitrogens with zero attached hydrogens (tertiary/aromatic N) is 5. The van der Waals surface area contributed by atoms with E-state index in [0.29, 0.717) is 53.9 Å². The number of carbonyl (C=O) groups excluding carboxylic acids is 2. The minimum atomic E-state index is -0.481. The number of aliphatic hydroxyl groups excluding tert-OH is 1. The maximum absolute atomic E-state index is 16.4. The van der Waals surface area contributed by atoms with Gasteiger partial charge in [0.1, 0.15) is 11.4 Å². The van der Waals surface area contributed by atoms with E-state index >= 15 is 4.39 Å². The number of benzene rings is 2. The number of fused-ring (bicyclic) bond motifs is 1. The van der Waals surface area contributed by atoms with Crippen LogP contribution in [-0.2, 0) is 11.3 Å². The van der Waals surface area contributed by atoms with Gasteiger partial charge in [-0.25, -0.2) is 4.39 Å². The molecule has 2 N–H and O–H groups in total. The predicted molar refractivity (Wildman–Crippen MR) is 155 cm³/mol. The van der Waals surface area contributed by atoms with E-state index in [4.69, 9.17) is 4.74 Å². The van der Waals surface area contributed by atoms with Crippen LogP contribution in [0, 0.1) is 5.82 Å². The second-order valence-corrected chi connectivity index (χ2v) is 10.7. The van der Waals surface area contributed by atoms with Crippen LogP contribution in [0.15, 0.2) is 54.9 Å². The van der Waals surface area contributed by atoms with Gasteiger partial charge in [0.05, 0.1) is 38.0 Å². The number of methoxy groups -OCH3 is 1. The molecule has 1 saturated heterocycles. The Morgan fingerprint density at radius 3 is 2.81 bits per heavy atom. The lowest BCUT2D eigenvalue weighted by atomic mass is 9.93. The molecule has 0 saturated carbocycles. The van der Waals surface area contributed by atoms with Crippen molar-refractivity contribution in [2.45, 2.75) is 38.3 Å². The number of aromatic nitrogens is 4. The van der Waals surface area contributed by atoms with E-state index in [1.807, 2.05) is 30.3 Å². The second kappa shape index (κ2) is 11.8. The van der Waals surface area contributed by atoms with Gasteiger partial charge in [-0.2, -0.15) is 0 Å². The van der Waals surface area contributed by atoms with Crippen LogP contribution in [0.5, 0.6) is 5.75 Å². The Morgan fingerprint density at radius 1 is 1.17 bits per heavy atom. The summed E-state index contributed by atoms with van der Waals surface area (Å²) in [5.41, 5.74) is 3.02. The molecular formula is C31H33FN6O4. The zero-order valence-corrected chi connectivity index (χ0v) is 23.4. The molecule has 0 radical (unpaired) electrons. The Bertz CT molecular complexity index is 1650. The number of aromatic amines is 1. The van der Waals surface area contributed by atoms with Gasteiger partial charge in [-0.15, -0.1) is 5.10 Å². The van der Waals surface area contributed by atoms with E-state index in [0.717, 1.165) is 18.4 Å². The second-order valence-electron chi connectivity index (χ2n) is 10.7. The zero-order chi connectivity index (χ0) is 29.2. The van der Waals surface area contributed by atoms with E-state index in [1.165, 1.54) is 0 Å². The number of nitrogens with one attached hydrogen (secondary N) is 1. The van der Waals surface area contributed by atoms with Gasteiger partial charge in [-0.05, 0) is 48.6 Å². The fourth-order valence-corrected chi connectivity index (χ4v) is 6.02. The van der Waals surface area contributed by atoms with Crippen molar-refractivity contribution in [1.29, 1.82) is 0 Å². The first-order valence-electron chi connectivity index (χ1n) is 14.2. The molecule has 2 aromatic heterocycles. The molecule has 0 unspecified atom stereocenters. The number of para-hydroxylation sites is 1. The number of ether oxygens (including phenoxy) is 1. The summed E-state index contributed by atoms with van der Waals surface area (Å²) in [4.78, 5) is 33.0. The highest BCUT2D eigenvalue weighted by atomic mass is 19.1. The largest absolute Gasteiger partial charge is 0.496 e. The predicted octanol–water partition coefficient (Wildman–Crippen LogP) is 3.88. The minimum Gasteiger partial charge on any atom is -0.496 e. The first-order chi connectivity index (χ1) is 20.5. The molecule has 1 fully saturated rings. The first kappa shape index (κ1) is 27.6. The van der Waals surface area contributed by atoms with Crippen LogP contribution >= 0.6 is 0 Å². The number of H-pyrrole nitrogens is 1. The van der Waals surface area contributed by atoms with Crippen LogP contribution in [0.3, 0.4) is 0 Å². The van der Waals surface area contributed by atoms with Gasteiger partial charge in [0, 0.05) is 48.8 Å². The fraction of sp³-hybridized carbons (Fsp3) is 0.355. The third-order valence-electron chi connectivity index (χ3n) is 8.21. The molecule has 2 aliphatic heterocycles. The monoisotopic (exact) mass is 572 g/mol. The summed E-state index contributed by atoms with van der Waals surface area (Å²) in [6.07, 6.45) is 7.65. The van der Waals surface area contributed by atoms with E-state index in [-0.39, 0.29) is 48.6 Å². The maximum atomic E-state index is 16.4. The van der Waals surface area contributed by atoms with Gasteiger partial charge in [0.2, 0.25) is 5.91 Å². The normalized spacial score (nSPS) is 17.1. The minimum absolute atomic E-state index is 0.0423. The molecule has 218 valence electrons. The summed E-state index contributed by atoms with van der Waals surface area (Å²) >= 11 is 0. The van der Waals surface area contributed by atoms with Crippen molar-refractivity contribution in [3.8, 4) is 16.9 Å². The molecule has 0 aliphatic carbocycles. The summed E-state index contributed by atoms with van der Waals surface area (Å²) in [6, 6.07) is 10.7. The highest BCUT2D eigenvalue weighted by molar-refractivity contribution is 6.05. The van der Waals surface area contributed by atoms with E-state index in [9.17, 15) is 14.7 Å². The van der Waals surface area contributed by atoms with E-state index < -0.39 is 5.82 Å². The Morgan fingerprint density at radius 2 is 2.02 bits per heavy atom. The topological polar surface area (TPSA) is 117 Å². The van der Waals surface area contributed by atoms with Gasteiger partial charge in [0.15, 0.2) is 5.82 Å². The van der Waals surface area contributed by atoms with Crippen LogP contribution in [0.4, 0.5) is 4.39 Å². The highest BCUT2D eigenvalue weighted by Gasteiger charge is 2.31. The highest BCUT2D eigenvalue weighted by Crippen LogP contribution is 2.40. The molecule has 1 atom stereocenters. The Kier molecular flexibility index (Phi) is 7.75. The molecule has 4 heterocycles. The SMILES string of the molecule is COc1ccccc1-c1cc(C2=CCCN(C(=O)CCn3ccnn3)C2)c(F)c2[nH]c(C(=O)N3CCC[C@@H]3CO)cc12. The molecule has 2 amide bonds. The lowest BCUT2D eigenvalue weighted by Gasteiger charge is -2.28. The lowest BCUT2D eigenvalue weighted by Crippen LogP contribution is -2.37. The summed E-state index contributed by atoms with van der Waals surface area (Å²) in [6.45, 7) is 1.66. The van der Waals surface area contributed by atoms with Gasteiger partial charge < -0.3 is 24.6 Å². The van der Waals surface area contributed by atoms with E-state index in [2.05, 4.69) is 15.3 Å². The van der Waals surface area contributed by atoms with Crippen LogP contribution in [0.2, 0.25) is 0 Å². The summed E-state index contributed by atoms with van der Waals surface area (Å²) in [5, 5.41) is 18.0. The third-order valence-corrected chi connectivity index (χ3v) is 8.21. The molecule has 11 heteroatoms. The van der Waals surface area contributed by atoms with Gasteiger partial charge >= 0.3 is 0 Å². The maximum Gasteiger partial charge on any atom is 0.270 e. The number of halogens is 1. The molecule has 2 aromatic carbocycles. The number of hydrogen-bond acceptors (Lipinski definition) is 6. The zero-order valence-electron chi connectivity index (χ0n) is 23.4. The number of aryl methyl sites for hydroxylation is 1. The summed E-state index contributed by atoms with van der Waals surface area (Å²) in [7, 11) is 1.58. The Hall–Kier alpha value is -4.51. The Balaban J connectivity index is 1.39. The third kappa shape index (κ3) is 5.16. The van der Waals surface area contributed by atoms with Crippen LogP contribution in [0.1, 0.15) is 41.7 Å². The van der Waals surface area contributed by atoms with Crippen molar-refractivity contribution >= 4 is 28.3 Å². The van der Waals surface area contributed by atoms with Gasteiger partial charge in [-0.3, -0.25) is 14.3 Å². The lowest BCUT2D eigenvalue weighted by molar-refractivity contribution is -0.131. The summed E-state index contributed by atoms with van der Waals surface area (Å²) < 4.78 is 23.7. The van der Waals surface area contributed by atoms with Crippen molar-refractivity contribution < 1.29 is 23.8 Å². The molecule has 2 aliphatic rings. The number of hydrogen-bond donors (Lipinski definition) is 2. The van der Waals surface area contributed by atoms with Crippen LogP contribution < -0.4 is 4.74 Å². The molecular weight excluding hydrogens is 539 g/mol. The van der Waals surface area contributed by atoms with Crippen molar-refractivity contribution in [1.82, 2.24) is 29.8 Å². The molecule has 10 nitrogen and oxygen atoms in total. The number of aliphatic hydroxyl groups is 1. The van der Waals surface area contributed by atoms with Crippen LogP contribution in [0.25, 0.3) is 27.6 Å². The number of rotatable bonds is 8. The number of carbonyl (C=O) groups is 2. The van der Waals surface area contributed by atoms with Gasteiger partial charge in [-0.1, -0.05) is 29.5 Å². The van der Waals surface area contributed by atoms with Gasteiger partial charge in [0.25, 0.3) is 5.91 Å². The molecule has 0 bridgehead atoms. The molecule has 0 spiro atoms. The van der Waals surface area contributed by atoms with Crippen molar-refractivity contribution in [3.63, 3.8) is 0 Å². The number of likely N-dealkylation sites (tertiary alicyclic amines) is 1. The Labute approximate surface area is 242 Å². The van der Waals surface area contributed by atoms with Crippen molar-refractivity contribution in [3.05, 3.63) is 71.9 Å². The molecule has 6 rings (SSSR count). The fourth-order valence-electron chi connectivity index (χ4n) is 6.02. The molecule has 42 heavy (non-hydrogen) atoms. The quantitative estimate of drug-likeness (QED) is 0.331.